The predicted octanol–water partition coefficient (Wildman–Crippen LogP) is 2.42. The molecule has 1 amide bonds. The van der Waals surface area contributed by atoms with Gasteiger partial charge in [-0.2, -0.15) is 0 Å². The lowest BCUT2D eigenvalue weighted by Crippen LogP contribution is -2.31. The van der Waals surface area contributed by atoms with Gasteiger partial charge in [0.2, 0.25) is 5.91 Å². The Balaban J connectivity index is 0.00000280. The van der Waals surface area contributed by atoms with Crippen LogP contribution < -0.4 is 15.8 Å². The van der Waals surface area contributed by atoms with Crippen LogP contribution in [0.5, 0.6) is 5.75 Å². The van der Waals surface area contributed by atoms with E-state index >= 15 is 0 Å². The van der Waals surface area contributed by atoms with Gasteiger partial charge in [-0.05, 0) is 29.7 Å². The molecule has 2 aromatic carbocycles. The van der Waals surface area contributed by atoms with E-state index < -0.39 is 11.9 Å². The van der Waals surface area contributed by atoms with Crippen LogP contribution in [0, 0.1) is 11.3 Å². The first-order valence-corrected chi connectivity index (χ1v) is 8.62. The lowest BCUT2D eigenvalue weighted by molar-refractivity contribution is -0.140. The summed E-state index contributed by atoms with van der Waals surface area (Å²) in [6.45, 7) is 0.300. The molecule has 1 heterocycles. The smallest absolute Gasteiger partial charge is 0.304 e. The second-order valence-electron chi connectivity index (χ2n) is 6.56. The van der Waals surface area contributed by atoms with Crippen LogP contribution >= 0.6 is 12.4 Å². The Morgan fingerprint density at radius 3 is 2.25 bits per heavy atom. The number of hydrogen-bond acceptors (Lipinski definition) is 4. The number of carbonyl (C=O) groups excluding carboxylic acids is 1. The Labute approximate surface area is 168 Å². The van der Waals surface area contributed by atoms with Crippen molar-refractivity contribution in [1.82, 2.24) is 5.32 Å². The SMILES string of the molecule is Cl.N=C(N)c1ccc(-c2ccc(OC[C@@H]3C[C@@H](CC(=O)O)C(=O)N3)cc2)cc1. The molecule has 7 nitrogen and oxygen atoms in total. The summed E-state index contributed by atoms with van der Waals surface area (Å²) >= 11 is 0. The van der Waals surface area contributed by atoms with Gasteiger partial charge in [0.1, 0.15) is 18.2 Å². The zero-order valence-corrected chi connectivity index (χ0v) is 15.9. The quantitative estimate of drug-likeness (QED) is 0.417. The van der Waals surface area contributed by atoms with Gasteiger partial charge >= 0.3 is 5.97 Å². The summed E-state index contributed by atoms with van der Waals surface area (Å²) < 4.78 is 5.73. The third-order valence-electron chi connectivity index (χ3n) is 4.54. The van der Waals surface area contributed by atoms with Crippen LogP contribution in [0.2, 0.25) is 0 Å². The topological polar surface area (TPSA) is 126 Å². The molecule has 0 unspecified atom stereocenters. The molecule has 0 radical (unpaired) electrons. The van der Waals surface area contributed by atoms with Gasteiger partial charge in [-0.3, -0.25) is 15.0 Å². The van der Waals surface area contributed by atoms with Crippen LogP contribution in [-0.4, -0.2) is 35.5 Å². The van der Waals surface area contributed by atoms with Gasteiger partial charge in [0.15, 0.2) is 0 Å². The summed E-state index contributed by atoms with van der Waals surface area (Å²) in [7, 11) is 0. The molecule has 8 heteroatoms. The highest BCUT2D eigenvalue weighted by Crippen LogP contribution is 2.24. The fourth-order valence-corrected chi connectivity index (χ4v) is 3.11. The van der Waals surface area contributed by atoms with Crippen molar-refractivity contribution < 1.29 is 19.4 Å². The number of amides is 1. The minimum Gasteiger partial charge on any atom is -0.491 e. The highest BCUT2D eigenvalue weighted by Gasteiger charge is 2.33. The Bertz CT molecular complexity index is 853. The third kappa shape index (κ3) is 5.23. The number of ether oxygens (including phenoxy) is 1. The summed E-state index contributed by atoms with van der Waals surface area (Å²) in [5, 5.41) is 19.0. The number of carboxylic acids is 1. The van der Waals surface area contributed by atoms with Gasteiger partial charge in [0.25, 0.3) is 0 Å². The molecule has 3 rings (SSSR count). The van der Waals surface area contributed by atoms with E-state index in [1.54, 1.807) is 12.1 Å². The second kappa shape index (κ2) is 9.23. The maximum atomic E-state index is 11.7. The van der Waals surface area contributed by atoms with E-state index in [0.29, 0.717) is 24.3 Å². The molecular weight excluding hydrogens is 382 g/mol. The Hall–Kier alpha value is -3.06. The zero-order chi connectivity index (χ0) is 19.4. The highest BCUT2D eigenvalue weighted by atomic mass is 35.5. The summed E-state index contributed by atoms with van der Waals surface area (Å²) in [6, 6.07) is 14.8. The number of carboxylic acid groups (broad SMARTS) is 1. The first-order valence-electron chi connectivity index (χ1n) is 8.62. The Morgan fingerprint density at radius 2 is 1.71 bits per heavy atom. The molecule has 0 spiro atoms. The number of nitrogens with two attached hydrogens (primary N) is 1. The van der Waals surface area contributed by atoms with Crippen LogP contribution in [0.3, 0.4) is 0 Å². The third-order valence-corrected chi connectivity index (χ3v) is 4.54. The molecule has 0 aromatic heterocycles. The van der Waals surface area contributed by atoms with Gasteiger partial charge in [0, 0.05) is 5.56 Å². The van der Waals surface area contributed by atoms with Crippen molar-refractivity contribution in [2.75, 3.05) is 6.61 Å². The molecule has 2 aromatic rings. The van der Waals surface area contributed by atoms with Crippen LogP contribution in [0.1, 0.15) is 18.4 Å². The lowest BCUT2D eigenvalue weighted by Gasteiger charge is -2.12. The average molecular weight is 404 g/mol. The molecule has 0 bridgehead atoms. The minimum absolute atomic E-state index is 0. The molecule has 0 aliphatic carbocycles. The van der Waals surface area contributed by atoms with Crippen molar-refractivity contribution >= 4 is 30.1 Å². The number of hydrogen-bond donors (Lipinski definition) is 4. The van der Waals surface area contributed by atoms with Crippen molar-refractivity contribution in [3.05, 3.63) is 54.1 Å². The zero-order valence-electron chi connectivity index (χ0n) is 15.1. The lowest BCUT2D eigenvalue weighted by atomic mass is 10.0. The monoisotopic (exact) mass is 403 g/mol. The van der Waals surface area contributed by atoms with Crippen LogP contribution in [0.15, 0.2) is 48.5 Å². The number of rotatable bonds is 7. The number of carbonyl (C=O) groups is 2. The van der Waals surface area contributed by atoms with Crippen molar-refractivity contribution in [2.24, 2.45) is 11.7 Å². The Morgan fingerprint density at radius 1 is 1.14 bits per heavy atom. The molecule has 5 N–H and O–H groups in total. The summed E-state index contributed by atoms with van der Waals surface area (Å²) in [6.07, 6.45) is 0.311. The Kier molecular flexibility index (Phi) is 7.00. The number of nitrogen functional groups attached to an aromatic ring is 1. The predicted molar refractivity (Wildman–Crippen MR) is 108 cm³/mol. The summed E-state index contributed by atoms with van der Waals surface area (Å²) in [5.74, 6) is -0.972. The van der Waals surface area contributed by atoms with Gasteiger partial charge in [-0.1, -0.05) is 36.4 Å². The summed E-state index contributed by atoms with van der Waals surface area (Å²) in [4.78, 5) is 22.5. The van der Waals surface area contributed by atoms with Crippen molar-refractivity contribution in [3.8, 4) is 16.9 Å². The molecule has 0 saturated carbocycles. The van der Waals surface area contributed by atoms with E-state index in [4.69, 9.17) is 21.0 Å². The molecule has 2 atom stereocenters. The number of benzene rings is 2. The molecule has 28 heavy (non-hydrogen) atoms. The summed E-state index contributed by atoms with van der Waals surface area (Å²) in [5.41, 5.74) is 8.15. The molecular formula is C20H22ClN3O4. The van der Waals surface area contributed by atoms with Gasteiger partial charge in [0.05, 0.1) is 18.4 Å². The van der Waals surface area contributed by atoms with Gasteiger partial charge in [-0.25, -0.2) is 0 Å². The van der Waals surface area contributed by atoms with E-state index in [-0.39, 0.29) is 36.6 Å². The van der Waals surface area contributed by atoms with E-state index in [1.165, 1.54) is 0 Å². The van der Waals surface area contributed by atoms with Crippen LogP contribution in [0.4, 0.5) is 0 Å². The largest absolute Gasteiger partial charge is 0.491 e. The molecule has 1 aliphatic rings. The van der Waals surface area contributed by atoms with Crippen molar-refractivity contribution in [1.29, 1.82) is 5.41 Å². The van der Waals surface area contributed by atoms with Crippen LogP contribution in [0.25, 0.3) is 11.1 Å². The molecule has 1 saturated heterocycles. The normalized spacial score (nSPS) is 18.1. The van der Waals surface area contributed by atoms with Gasteiger partial charge in [-0.15, -0.1) is 12.4 Å². The van der Waals surface area contributed by atoms with Crippen molar-refractivity contribution in [3.63, 3.8) is 0 Å². The number of aliphatic carboxylic acids is 1. The fourth-order valence-electron chi connectivity index (χ4n) is 3.11. The molecule has 1 fully saturated rings. The van der Waals surface area contributed by atoms with Crippen molar-refractivity contribution in [2.45, 2.75) is 18.9 Å². The van der Waals surface area contributed by atoms with E-state index in [9.17, 15) is 9.59 Å². The average Bonchev–Trinajstić information content (AvgIpc) is 2.99. The van der Waals surface area contributed by atoms with Crippen LogP contribution in [-0.2, 0) is 9.59 Å². The first kappa shape index (κ1) is 21.2. The van der Waals surface area contributed by atoms with Gasteiger partial charge < -0.3 is 20.9 Å². The second-order valence-corrected chi connectivity index (χ2v) is 6.56. The molecule has 1 aliphatic heterocycles. The molecule has 148 valence electrons. The highest BCUT2D eigenvalue weighted by molar-refractivity contribution is 5.95. The number of nitrogens with one attached hydrogen (secondary N) is 2. The van der Waals surface area contributed by atoms with E-state index in [1.807, 2.05) is 36.4 Å². The maximum absolute atomic E-state index is 11.7. The standard InChI is InChI=1S/C20H21N3O4.ClH/c21-19(22)14-3-1-12(2-4-14)13-5-7-17(8-6-13)27-11-16-9-15(10-18(24)25)20(26)23-16;/h1-8,15-16H,9-11H2,(H3,21,22)(H,23,26)(H,24,25);1H/t15-,16-;/m0./s1. The minimum atomic E-state index is -0.969. The fraction of sp³-hybridized carbons (Fsp3) is 0.250. The van der Waals surface area contributed by atoms with E-state index in [0.717, 1.165) is 11.1 Å². The number of halogens is 1. The maximum Gasteiger partial charge on any atom is 0.304 e. The van der Waals surface area contributed by atoms with E-state index in [2.05, 4.69) is 5.32 Å². The number of amidine groups is 1. The first-order chi connectivity index (χ1) is 12.9.